The second kappa shape index (κ2) is 7.44. The fourth-order valence-corrected chi connectivity index (χ4v) is 3.12. The largest absolute Gasteiger partial charge is 0.478 e. The molecule has 0 aromatic heterocycles. The topological polar surface area (TPSA) is 65.3 Å². The zero-order valence-electron chi connectivity index (χ0n) is 12.6. The maximum absolute atomic E-state index is 10.6. The van der Waals surface area contributed by atoms with Gasteiger partial charge >= 0.3 is 0 Å². The Hall–Kier alpha value is -1.57. The van der Waals surface area contributed by atoms with Gasteiger partial charge in [0, 0.05) is 18.7 Å². The Morgan fingerprint density at radius 3 is 3.05 bits per heavy atom. The van der Waals surface area contributed by atoms with Gasteiger partial charge in [0.25, 0.3) is 0 Å². The van der Waals surface area contributed by atoms with Crippen molar-refractivity contribution in [2.24, 2.45) is 5.92 Å². The van der Waals surface area contributed by atoms with E-state index in [9.17, 15) is 5.11 Å². The number of para-hydroxylation sites is 1. The van der Waals surface area contributed by atoms with Crippen LogP contribution in [0.2, 0.25) is 0 Å². The van der Waals surface area contributed by atoms with Crippen molar-refractivity contribution >= 4 is 0 Å². The van der Waals surface area contributed by atoms with Crippen LogP contribution in [0.4, 0.5) is 0 Å². The first-order valence-corrected chi connectivity index (χ1v) is 7.64. The molecule has 0 aliphatic heterocycles. The molecule has 1 aliphatic carbocycles. The van der Waals surface area contributed by atoms with E-state index in [-0.39, 0.29) is 6.61 Å². The van der Waals surface area contributed by atoms with E-state index < -0.39 is 5.60 Å². The monoisotopic (exact) mass is 288 g/mol. The molecule has 0 bridgehead atoms. The van der Waals surface area contributed by atoms with Crippen LogP contribution in [0.1, 0.15) is 38.2 Å². The van der Waals surface area contributed by atoms with Gasteiger partial charge in [-0.2, -0.15) is 5.26 Å². The Bertz CT molecular complexity index is 498. The van der Waals surface area contributed by atoms with Crippen LogP contribution in [0.15, 0.2) is 24.3 Å². The number of rotatable bonds is 6. The Labute approximate surface area is 126 Å². The van der Waals surface area contributed by atoms with Crippen molar-refractivity contribution in [1.82, 2.24) is 5.32 Å². The molecule has 0 saturated heterocycles. The number of nitriles is 1. The van der Waals surface area contributed by atoms with Gasteiger partial charge < -0.3 is 15.2 Å². The van der Waals surface area contributed by atoms with Crippen LogP contribution in [0, 0.1) is 17.2 Å². The molecule has 21 heavy (non-hydrogen) atoms. The molecule has 1 aliphatic rings. The van der Waals surface area contributed by atoms with Crippen LogP contribution in [-0.4, -0.2) is 23.9 Å². The summed E-state index contributed by atoms with van der Waals surface area (Å²) < 4.78 is 5.41. The van der Waals surface area contributed by atoms with Crippen molar-refractivity contribution in [2.75, 3.05) is 13.2 Å². The molecule has 1 saturated carbocycles. The average Bonchev–Trinajstić information content (AvgIpc) is 2.46. The molecule has 4 nitrogen and oxygen atoms in total. The summed E-state index contributed by atoms with van der Waals surface area (Å²) in [4.78, 5) is 0. The number of nitrogens with one attached hydrogen (secondary N) is 1. The van der Waals surface area contributed by atoms with Gasteiger partial charge in [0.2, 0.25) is 0 Å². The van der Waals surface area contributed by atoms with Crippen molar-refractivity contribution < 1.29 is 9.84 Å². The van der Waals surface area contributed by atoms with Gasteiger partial charge in [-0.25, -0.2) is 0 Å². The van der Waals surface area contributed by atoms with Crippen molar-refractivity contribution in [1.29, 1.82) is 5.26 Å². The molecule has 1 aromatic rings. The quantitative estimate of drug-likeness (QED) is 0.844. The van der Waals surface area contributed by atoms with Gasteiger partial charge in [-0.05, 0) is 24.8 Å². The molecule has 2 rings (SSSR count). The summed E-state index contributed by atoms with van der Waals surface area (Å²) in [6, 6.07) is 9.67. The minimum absolute atomic E-state index is 0.0540. The highest BCUT2D eigenvalue weighted by atomic mass is 16.5. The van der Waals surface area contributed by atoms with E-state index in [0.29, 0.717) is 19.0 Å². The zero-order chi connectivity index (χ0) is 15.1. The lowest BCUT2D eigenvalue weighted by atomic mass is 9.79. The van der Waals surface area contributed by atoms with Gasteiger partial charge in [0.1, 0.15) is 11.8 Å². The molecule has 1 aromatic carbocycles. The van der Waals surface area contributed by atoms with Gasteiger partial charge in [-0.3, -0.25) is 0 Å². The maximum atomic E-state index is 10.6. The molecule has 4 heteroatoms. The normalized spacial score (nSPS) is 25.3. The summed E-state index contributed by atoms with van der Waals surface area (Å²) in [6.45, 7) is 3.50. The van der Waals surface area contributed by atoms with Crippen LogP contribution in [0.3, 0.4) is 0 Å². The van der Waals surface area contributed by atoms with Gasteiger partial charge in [-0.1, -0.05) is 38.0 Å². The first-order chi connectivity index (χ1) is 10.1. The Kier molecular flexibility index (Phi) is 5.60. The van der Waals surface area contributed by atoms with Gasteiger partial charge in [0.15, 0.2) is 6.61 Å². The van der Waals surface area contributed by atoms with Crippen molar-refractivity contribution in [3.05, 3.63) is 29.8 Å². The molecule has 0 spiro atoms. The molecule has 1 fully saturated rings. The lowest BCUT2D eigenvalue weighted by Gasteiger charge is -2.35. The SMILES string of the molecule is CC1CCCC(O)(CNCc2ccccc2OCC#N)C1. The first kappa shape index (κ1) is 15.8. The minimum Gasteiger partial charge on any atom is -0.478 e. The Morgan fingerprint density at radius 2 is 2.29 bits per heavy atom. The fraction of sp³-hybridized carbons (Fsp3) is 0.588. The highest BCUT2D eigenvalue weighted by Gasteiger charge is 2.32. The Balaban J connectivity index is 1.87. The highest BCUT2D eigenvalue weighted by Crippen LogP contribution is 2.31. The summed E-state index contributed by atoms with van der Waals surface area (Å²) in [7, 11) is 0. The molecular weight excluding hydrogens is 264 g/mol. The number of hydrogen-bond acceptors (Lipinski definition) is 4. The highest BCUT2D eigenvalue weighted by molar-refractivity contribution is 5.33. The van der Waals surface area contributed by atoms with Crippen LogP contribution >= 0.6 is 0 Å². The maximum Gasteiger partial charge on any atom is 0.174 e. The number of hydrogen-bond donors (Lipinski definition) is 2. The van der Waals surface area contributed by atoms with E-state index in [4.69, 9.17) is 10.00 Å². The van der Waals surface area contributed by atoms with Crippen molar-refractivity contribution in [3.63, 3.8) is 0 Å². The lowest BCUT2D eigenvalue weighted by Crippen LogP contribution is -2.43. The van der Waals surface area contributed by atoms with Gasteiger partial charge in [-0.15, -0.1) is 0 Å². The van der Waals surface area contributed by atoms with E-state index in [1.165, 1.54) is 6.42 Å². The number of aliphatic hydroxyl groups is 1. The minimum atomic E-state index is -0.583. The molecule has 114 valence electrons. The summed E-state index contributed by atoms with van der Waals surface area (Å²) in [5, 5.41) is 22.5. The van der Waals surface area contributed by atoms with E-state index >= 15 is 0 Å². The third-order valence-electron chi connectivity index (χ3n) is 4.10. The smallest absolute Gasteiger partial charge is 0.174 e. The second-order valence-corrected chi connectivity index (χ2v) is 6.08. The number of ether oxygens (including phenoxy) is 1. The zero-order valence-corrected chi connectivity index (χ0v) is 12.6. The summed E-state index contributed by atoms with van der Waals surface area (Å²) >= 11 is 0. The predicted molar refractivity (Wildman–Crippen MR) is 81.8 cm³/mol. The average molecular weight is 288 g/mol. The van der Waals surface area contributed by atoms with Crippen LogP contribution in [0.25, 0.3) is 0 Å². The fourth-order valence-electron chi connectivity index (χ4n) is 3.12. The van der Waals surface area contributed by atoms with E-state index in [2.05, 4.69) is 12.2 Å². The van der Waals surface area contributed by atoms with E-state index in [0.717, 1.165) is 30.6 Å². The van der Waals surface area contributed by atoms with Gasteiger partial charge in [0.05, 0.1) is 5.60 Å². The molecule has 2 unspecified atom stereocenters. The van der Waals surface area contributed by atoms with Crippen molar-refractivity contribution in [3.8, 4) is 11.8 Å². The first-order valence-electron chi connectivity index (χ1n) is 7.64. The molecule has 0 amide bonds. The molecule has 0 heterocycles. The number of benzene rings is 1. The standard InChI is InChI=1S/C17H24N2O2/c1-14-5-4-8-17(20,11-14)13-19-12-15-6-2-3-7-16(15)21-10-9-18/h2-3,6-7,14,19-20H,4-5,8,10-13H2,1H3. The third-order valence-corrected chi connectivity index (χ3v) is 4.10. The lowest BCUT2D eigenvalue weighted by molar-refractivity contribution is -0.0119. The molecule has 2 N–H and O–H groups in total. The van der Waals surface area contributed by atoms with E-state index in [1.54, 1.807) is 0 Å². The summed E-state index contributed by atoms with van der Waals surface area (Å²) in [6.07, 6.45) is 4.05. The predicted octanol–water partition coefficient (Wildman–Crippen LogP) is 2.62. The second-order valence-electron chi connectivity index (χ2n) is 6.08. The number of nitrogens with zero attached hydrogens (tertiary/aromatic N) is 1. The molecule has 0 radical (unpaired) electrons. The van der Waals surface area contributed by atoms with E-state index in [1.807, 2.05) is 30.3 Å². The molecule has 2 atom stereocenters. The van der Waals surface area contributed by atoms with Crippen molar-refractivity contribution in [2.45, 2.75) is 44.8 Å². The van der Waals surface area contributed by atoms with Crippen LogP contribution in [0.5, 0.6) is 5.75 Å². The third kappa shape index (κ3) is 4.73. The summed E-state index contributed by atoms with van der Waals surface area (Å²) in [5.41, 5.74) is 0.431. The summed E-state index contributed by atoms with van der Waals surface area (Å²) in [5.74, 6) is 1.33. The van der Waals surface area contributed by atoms with Crippen LogP contribution in [-0.2, 0) is 6.54 Å². The van der Waals surface area contributed by atoms with Crippen LogP contribution < -0.4 is 10.1 Å². The molecular formula is C17H24N2O2. The Morgan fingerprint density at radius 1 is 1.48 bits per heavy atom.